The highest BCUT2D eigenvalue weighted by atomic mass is 19.2. The Morgan fingerprint density at radius 2 is 1.95 bits per heavy atom. The molecule has 1 aromatic carbocycles. The van der Waals surface area contributed by atoms with Gasteiger partial charge in [-0.3, -0.25) is 4.79 Å². The van der Waals surface area contributed by atoms with Crippen LogP contribution in [0.15, 0.2) is 12.1 Å². The quantitative estimate of drug-likeness (QED) is 0.854. The Labute approximate surface area is 109 Å². The summed E-state index contributed by atoms with van der Waals surface area (Å²) in [5, 5.41) is 0. The number of amides is 1. The largest absolute Gasteiger partial charge is 0.338 e. The number of rotatable bonds is 3. The molecule has 1 atom stereocenters. The molecule has 0 spiro atoms. The van der Waals surface area contributed by atoms with E-state index in [2.05, 4.69) is 0 Å². The first kappa shape index (κ1) is 13.9. The molecule has 1 amide bonds. The fourth-order valence-corrected chi connectivity index (χ4v) is 2.35. The highest BCUT2D eigenvalue weighted by Gasteiger charge is 2.27. The maximum atomic E-state index is 13.1. The molecule has 1 fully saturated rings. The normalized spacial score (nSPS) is 18.9. The van der Waals surface area contributed by atoms with Gasteiger partial charge in [-0.25, -0.2) is 13.2 Å². The lowest BCUT2D eigenvalue weighted by molar-refractivity contribution is 0.0785. The van der Waals surface area contributed by atoms with Gasteiger partial charge in [0, 0.05) is 18.7 Å². The van der Waals surface area contributed by atoms with Gasteiger partial charge in [-0.2, -0.15) is 0 Å². The molecular weight excluding hydrogens is 257 g/mol. The lowest BCUT2D eigenvalue weighted by Gasteiger charge is -2.16. The van der Waals surface area contributed by atoms with Crippen LogP contribution < -0.4 is 5.73 Å². The van der Waals surface area contributed by atoms with Crippen molar-refractivity contribution in [1.82, 2.24) is 4.90 Å². The third-order valence-electron chi connectivity index (χ3n) is 3.38. The Balaban J connectivity index is 2.13. The van der Waals surface area contributed by atoms with Crippen molar-refractivity contribution in [3.63, 3.8) is 0 Å². The lowest BCUT2D eigenvalue weighted by atomic mass is 10.1. The van der Waals surface area contributed by atoms with E-state index in [-0.39, 0.29) is 5.56 Å². The number of carbonyl (C=O) groups excluding carboxylic acids is 1. The summed E-state index contributed by atoms with van der Waals surface area (Å²) in [4.78, 5) is 13.6. The molecular formula is C13H15F3N2O. The minimum atomic E-state index is -1.56. The summed E-state index contributed by atoms with van der Waals surface area (Å²) in [6, 6.07) is 1.47. The number of hydrogen-bond donors (Lipinski definition) is 1. The topological polar surface area (TPSA) is 46.3 Å². The lowest BCUT2D eigenvalue weighted by Crippen LogP contribution is -2.29. The van der Waals surface area contributed by atoms with E-state index >= 15 is 0 Å². The molecule has 104 valence electrons. The molecule has 0 saturated carbocycles. The Morgan fingerprint density at radius 1 is 1.32 bits per heavy atom. The molecule has 1 heterocycles. The summed E-state index contributed by atoms with van der Waals surface area (Å²) in [5.41, 5.74) is 5.29. The van der Waals surface area contributed by atoms with Gasteiger partial charge < -0.3 is 10.6 Å². The number of hydrogen-bond acceptors (Lipinski definition) is 2. The summed E-state index contributed by atoms with van der Waals surface area (Å²) in [7, 11) is 0. The first-order valence-electron chi connectivity index (χ1n) is 6.16. The van der Waals surface area contributed by atoms with E-state index < -0.39 is 23.4 Å². The Kier molecular flexibility index (Phi) is 4.09. The maximum absolute atomic E-state index is 13.1. The number of carbonyl (C=O) groups is 1. The van der Waals surface area contributed by atoms with E-state index in [1.807, 2.05) is 0 Å². The van der Waals surface area contributed by atoms with Gasteiger partial charge in [0.25, 0.3) is 5.91 Å². The van der Waals surface area contributed by atoms with Crippen LogP contribution in [0.1, 0.15) is 23.2 Å². The standard InChI is InChI=1S/C13H15F3N2O/c14-10-5-9(6-11(15)12(10)16)13(19)18-4-2-8(7-18)1-3-17/h5-6,8H,1-4,7,17H2. The minimum Gasteiger partial charge on any atom is -0.338 e. The number of nitrogens with zero attached hydrogens (tertiary/aromatic N) is 1. The summed E-state index contributed by atoms with van der Waals surface area (Å²) in [5.74, 6) is -4.40. The van der Waals surface area contributed by atoms with Crippen LogP contribution in [0, 0.1) is 23.4 Å². The Bertz CT molecular complexity index is 470. The number of halogens is 3. The van der Waals surface area contributed by atoms with E-state index in [1.54, 1.807) is 0 Å². The van der Waals surface area contributed by atoms with Crippen molar-refractivity contribution in [2.75, 3.05) is 19.6 Å². The van der Waals surface area contributed by atoms with Crippen LogP contribution >= 0.6 is 0 Å². The van der Waals surface area contributed by atoms with Crippen LogP contribution in [0.5, 0.6) is 0 Å². The van der Waals surface area contributed by atoms with Crippen molar-refractivity contribution in [1.29, 1.82) is 0 Å². The monoisotopic (exact) mass is 272 g/mol. The third-order valence-corrected chi connectivity index (χ3v) is 3.38. The van der Waals surface area contributed by atoms with Crippen molar-refractivity contribution in [3.05, 3.63) is 35.1 Å². The van der Waals surface area contributed by atoms with Gasteiger partial charge in [0.05, 0.1) is 0 Å². The Morgan fingerprint density at radius 3 is 2.53 bits per heavy atom. The number of benzene rings is 1. The zero-order valence-corrected chi connectivity index (χ0v) is 10.3. The fraction of sp³-hybridized carbons (Fsp3) is 0.462. The molecule has 0 radical (unpaired) electrons. The van der Waals surface area contributed by atoms with E-state index in [0.29, 0.717) is 25.6 Å². The van der Waals surface area contributed by atoms with Crippen LogP contribution in [0.3, 0.4) is 0 Å². The number of likely N-dealkylation sites (tertiary alicyclic amines) is 1. The second kappa shape index (κ2) is 5.61. The van der Waals surface area contributed by atoms with Gasteiger partial charge in [0.2, 0.25) is 0 Å². The van der Waals surface area contributed by atoms with Gasteiger partial charge in [-0.05, 0) is 37.4 Å². The molecule has 1 aromatic rings. The zero-order valence-electron chi connectivity index (χ0n) is 10.3. The van der Waals surface area contributed by atoms with E-state index in [9.17, 15) is 18.0 Å². The predicted molar refractivity (Wildman–Crippen MR) is 64.0 cm³/mol. The summed E-state index contributed by atoms with van der Waals surface area (Å²) in [6.45, 7) is 1.60. The first-order chi connectivity index (χ1) is 9.02. The van der Waals surface area contributed by atoms with Gasteiger partial charge in [0.1, 0.15) is 0 Å². The molecule has 2 rings (SSSR count). The van der Waals surface area contributed by atoms with Crippen LogP contribution in [0.25, 0.3) is 0 Å². The van der Waals surface area contributed by atoms with E-state index in [1.165, 1.54) is 4.90 Å². The predicted octanol–water partition coefficient (Wildman–Crippen LogP) is 1.91. The molecule has 1 aliphatic rings. The second-order valence-corrected chi connectivity index (χ2v) is 4.74. The maximum Gasteiger partial charge on any atom is 0.254 e. The van der Waals surface area contributed by atoms with Crippen LogP contribution in [0.4, 0.5) is 13.2 Å². The zero-order chi connectivity index (χ0) is 14.0. The molecule has 1 aliphatic heterocycles. The molecule has 0 bridgehead atoms. The van der Waals surface area contributed by atoms with Crippen molar-refractivity contribution < 1.29 is 18.0 Å². The first-order valence-corrected chi connectivity index (χ1v) is 6.16. The average Bonchev–Trinajstić information content (AvgIpc) is 2.83. The molecule has 1 saturated heterocycles. The van der Waals surface area contributed by atoms with Crippen molar-refractivity contribution in [3.8, 4) is 0 Å². The molecule has 1 unspecified atom stereocenters. The molecule has 2 N–H and O–H groups in total. The van der Waals surface area contributed by atoms with Crippen LogP contribution in [0.2, 0.25) is 0 Å². The van der Waals surface area contributed by atoms with E-state index in [0.717, 1.165) is 25.0 Å². The highest BCUT2D eigenvalue weighted by Crippen LogP contribution is 2.22. The molecule has 19 heavy (non-hydrogen) atoms. The minimum absolute atomic E-state index is 0.162. The van der Waals surface area contributed by atoms with Gasteiger partial charge in [-0.15, -0.1) is 0 Å². The average molecular weight is 272 g/mol. The fourth-order valence-electron chi connectivity index (χ4n) is 2.35. The smallest absolute Gasteiger partial charge is 0.254 e. The van der Waals surface area contributed by atoms with Crippen LogP contribution in [-0.4, -0.2) is 30.4 Å². The second-order valence-electron chi connectivity index (χ2n) is 4.74. The molecule has 0 aliphatic carbocycles. The van der Waals surface area contributed by atoms with Crippen molar-refractivity contribution >= 4 is 5.91 Å². The third kappa shape index (κ3) is 2.89. The molecule has 3 nitrogen and oxygen atoms in total. The Hall–Kier alpha value is -1.56. The van der Waals surface area contributed by atoms with Crippen LogP contribution in [-0.2, 0) is 0 Å². The number of nitrogens with two attached hydrogens (primary N) is 1. The van der Waals surface area contributed by atoms with Gasteiger partial charge in [-0.1, -0.05) is 0 Å². The van der Waals surface area contributed by atoms with Crippen molar-refractivity contribution in [2.24, 2.45) is 11.7 Å². The highest BCUT2D eigenvalue weighted by molar-refractivity contribution is 5.94. The summed E-state index contributed by atoms with van der Waals surface area (Å²) < 4.78 is 39.0. The molecule has 0 aromatic heterocycles. The summed E-state index contributed by atoms with van der Waals surface area (Å²) >= 11 is 0. The van der Waals surface area contributed by atoms with Gasteiger partial charge in [0.15, 0.2) is 17.5 Å². The SMILES string of the molecule is NCCC1CCN(C(=O)c2cc(F)c(F)c(F)c2)C1. The summed E-state index contributed by atoms with van der Waals surface area (Å²) in [6.07, 6.45) is 1.64. The molecule has 6 heteroatoms. The van der Waals surface area contributed by atoms with Gasteiger partial charge >= 0.3 is 0 Å². The van der Waals surface area contributed by atoms with E-state index in [4.69, 9.17) is 5.73 Å². The van der Waals surface area contributed by atoms with Crippen molar-refractivity contribution in [2.45, 2.75) is 12.8 Å².